The first-order chi connectivity index (χ1) is 31.2. The van der Waals surface area contributed by atoms with E-state index in [9.17, 15) is 10.5 Å². The standard InChI is InChI=1S/C57H36N6/c1-3-19-36-37-20-5-12-27-47(37)60(46(36)4-2)55-44(34-58)54(61-48-28-13-6-21-38(48)39-22-7-14-29-49(39)61)45(35-59)56(62-50-30-15-8-23-40(50)41-24-9-16-31-51(41)62)57(55)63-52-32-17-10-25-42(52)43-26-11-18-33-53(43)63/h3-33H,2H2,1H3/b19-3-. The Morgan fingerprint density at radius 3 is 1.00 bits per heavy atom. The number of aromatic nitrogens is 4. The number of nitrogens with zero attached hydrogens (tertiary/aromatic N) is 6. The Kier molecular flexibility index (Phi) is 7.93. The zero-order valence-corrected chi connectivity index (χ0v) is 34.3. The van der Waals surface area contributed by atoms with Crippen molar-refractivity contribution in [2.75, 3.05) is 0 Å². The summed E-state index contributed by atoms with van der Waals surface area (Å²) in [4.78, 5) is 0. The Morgan fingerprint density at radius 2 is 0.667 bits per heavy atom. The van der Waals surface area contributed by atoms with Crippen LogP contribution in [0.15, 0.2) is 183 Å². The lowest BCUT2D eigenvalue weighted by molar-refractivity contribution is 1.00. The SMILES string of the molecule is C=Cc1c(/C=C\C)c2ccccc2n1-c1c(C#N)c(-n2c3ccccc3c3ccccc32)c(C#N)c(-n2c3ccccc3c3ccccc32)c1-n1c2ccccc2c2ccccc21. The second-order valence-electron chi connectivity index (χ2n) is 15.8. The van der Waals surface area contributed by atoms with E-state index in [0.29, 0.717) is 33.9 Å². The maximum atomic E-state index is 12.1. The summed E-state index contributed by atoms with van der Waals surface area (Å²) < 4.78 is 8.90. The summed E-state index contributed by atoms with van der Waals surface area (Å²) >= 11 is 0. The normalized spacial score (nSPS) is 11.9. The summed E-state index contributed by atoms with van der Waals surface area (Å²) in [5, 5.41) is 31.6. The number of hydrogen-bond donors (Lipinski definition) is 0. The summed E-state index contributed by atoms with van der Waals surface area (Å²) in [6, 6.07) is 64.1. The quantitative estimate of drug-likeness (QED) is 0.168. The third-order valence-electron chi connectivity index (χ3n) is 12.7. The molecule has 0 bridgehead atoms. The third kappa shape index (κ3) is 4.86. The van der Waals surface area contributed by atoms with E-state index >= 15 is 0 Å². The van der Waals surface area contributed by atoms with Gasteiger partial charge >= 0.3 is 0 Å². The highest BCUT2D eigenvalue weighted by Gasteiger charge is 2.34. The van der Waals surface area contributed by atoms with Gasteiger partial charge in [0.2, 0.25) is 0 Å². The lowest BCUT2D eigenvalue weighted by atomic mass is 9.98. The van der Waals surface area contributed by atoms with Crippen LogP contribution in [0.1, 0.15) is 29.3 Å². The number of para-hydroxylation sites is 7. The van der Waals surface area contributed by atoms with Crippen molar-refractivity contribution in [3.63, 3.8) is 0 Å². The van der Waals surface area contributed by atoms with Gasteiger partial charge in [0.05, 0.1) is 67.1 Å². The zero-order chi connectivity index (χ0) is 42.3. The third-order valence-corrected chi connectivity index (χ3v) is 12.7. The van der Waals surface area contributed by atoms with Crippen molar-refractivity contribution in [2.45, 2.75) is 6.92 Å². The second kappa shape index (κ2) is 13.9. The van der Waals surface area contributed by atoms with E-state index in [4.69, 9.17) is 0 Å². The van der Waals surface area contributed by atoms with E-state index < -0.39 is 0 Å². The van der Waals surface area contributed by atoms with Crippen LogP contribution in [0.2, 0.25) is 0 Å². The van der Waals surface area contributed by atoms with E-state index in [1.54, 1.807) is 0 Å². The molecular weight excluding hydrogens is 769 g/mol. The highest BCUT2D eigenvalue weighted by molar-refractivity contribution is 6.14. The molecule has 4 heterocycles. The van der Waals surface area contributed by atoms with Crippen LogP contribution in [0, 0.1) is 22.7 Å². The first-order valence-electron chi connectivity index (χ1n) is 21.1. The number of rotatable bonds is 6. The molecule has 8 aromatic carbocycles. The molecule has 12 rings (SSSR count). The monoisotopic (exact) mass is 804 g/mol. The van der Waals surface area contributed by atoms with Crippen LogP contribution in [-0.2, 0) is 0 Å². The Hall–Kier alpha value is -8.84. The molecule has 0 saturated carbocycles. The number of fused-ring (bicyclic) bond motifs is 10. The van der Waals surface area contributed by atoms with Crippen LogP contribution in [0.4, 0.5) is 0 Å². The van der Waals surface area contributed by atoms with Gasteiger partial charge in [-0.2, -0.15) is 10.5 Å². The average Bonchev–Trinajstić information content (AvgIpc) is 4.06. The highest BCUT2D eigenvalue weighted by atomic mass is 15.1. The van der Waals surface area contributed by atoms with Gasteiger partial charge in [0.1, 0.15) is 23.3 Å². The Bertz CT molecular complexity index is 3870. The molecule has 0 saturated heterocycles. The van der Waals surface area contributed by atoms with Crippen molar-refractivity contribution in [2.24, 2.45) is 0 Å². The topological polar surface area (TPSA) is 67.3 Å². The second-order valence-corrected chi connectivity index (χ2v) is 15.8. The molecule has 294 valence electrons. The van der Waals surface area contributed by atoms with Gasteiger partial charge in [0.15, 0.2) is 0 Å². The van der Waals surface area contributed by atoms with E-state index in [1.165, 1.54) is 0 Å². The molecule has 0 spiro atoms. The summed E-state index contributed by atoms with van der Waals surface area (Å²) in [7, 11) is 0. The lowest BCUT2D eigenvalue weighted by Gasteiger charge is -2.27. The number of allylic oxidation sites excluding steroid dienone is 1. The maximum Gasteiger partial charge on any atom is 0.104 e. The molecule has 6 heteroatoms. The predicted octanol–water partition coefficient (Wildman–Crippen LogP) is 14.3. The Balaban J connectivity index is 1.46. The summed E-state index contributed by atoms with van der Waals surface area (Å²) in [5.41, 5.74) is 11.5. The Morgan fingerprint density at radius 1 is 0.381 bits per heavy atom. The van der Waals surface area contributed by atoms with Crippen LogP contribution in [-0.4, -0.2) is 18.3 Å². The minimum atomic E-state index is 0.357. The molecule has 0 radical (unpaired) electrons. The van der Waals surface area contributed by atoms with Gasteiger partial charge in [-0.15, -0.1) is 0 Å². The minimum absolute atomic E-state index is 0.357. The van der Waals surface area contributed by atoms with Crippen LogP contribution in [0.5, 0.6) is 0 Å². The molecule has 0 fully saturated rings. The largest absolute Gasteiger partial charge is 0.306 e. The molecule has 12 aromatic rings. The van der Waals surface area contributed by atoms with E-state index in [2.05, 4.69) is 183 Å². The van der Waals surface area contributed by atoms with Crippen LogP contribution in [0.3, 0.4) is 0 Å². The van der Waals surface area contributed by atoms with Gasteiger partial charge in [-0.1, -0.05) is 146 Å². The fraction of sp³-hybridized carbons (Fsp3) is 0.0175. The van der Waals surface area contributed by atoms with E-state index in [-0.39, 0.29) is 0 Å². The molecule has 0 N–H and O–H groups in total. The summed E-state index contributed by atoms with van der Waals surface area (Å²) in [6.45, 7) is 6.46. The molecule has 0 aliphatic heterocycles. The van der Waals surface area contributed by atoms with Crippen molar-refractivity contribution >= 4 is 88.5 Å². The lowest BCUT2D eigenvalue weighted by Crippen LogP contribution is -2.17. The van der Waals surface area contributed by atoms with Gasteiger partial charge in [0, 0.05) is 43.3 Å². The summed E-state index contributed by atoms with van der Waals surface area (Å²) in [6.07, 6.45) is 6.06. The first kappa shape index (κ1) is 36.0. The number of hydrogen-bond acceptors (Lipinski definition) is 2. The fourth-order valence-electron chi connectivity index (χ4n) is 10.3. The molecule has 0 aliphatic carbocycles. The van der Waals surface area contributed by atoms with Gasteiger partial charge in [-0.25, -0.2) is 0 Å². The predicted molar refractivity (Wildman–Crippen MR) is 261 cm³/mol. The highest BCUT2D eigenvalue weighted by Crippen LogP contribution is 2.48. The average molecular weight is 805 g/mol. The fourth-order valence-corrected chi connectivity index (χ4v) is 10.3. The molecule has 63 heavy (non-hydrogen) atoms. The van der Waals surface area contributed by atoms with Gasteiger partial charge < -0.3 is 18.3 Å². The minimum Gasteiger partial charge on any atom is -0.306 e. The zero-order valence-electron chi connectivity index (χ0n) is 34.3. The van der Waals surface area contributed by atoms with Gasteiger partial charge in [-0.05, 0) is 55.5 Å². The first-order valence-corrected chi connectivity index (χ1v) is 21.1. The molecule has 4 aromatic heterocycles. The van der Waals surface area contributed by atoms with Crippen molar-refractivity contribution in [1.29, 1.82) is 10.5 Å². The van der Waals surface area contributed by atoms with Crippen molar-refractivity contribution in [3.05, 3.63) is 205 Å². The molecular formula is C57H36N6. The molecule has 0 atom stereocenters. The van der Waals surface area contributed by atoms with Crippen LogP contribution >= 0.6 is 0 Å². The van der Waals surface area contributed by atoms with Crippen molar-refractivity contribution in [1.82, 2.24) is 18.3 Å². The summed E-state index contributed by atoms with van der Waals surface area (Å²) in [5.74, 6) is 0. The van der Waals surface area contributed by atoms with Gasteiger partial charge in [-0.3, -0.25) is 0 Å². The molecule has 0 aliphatic rings. The van der Waals surface area contributed by atoms with Gasteiger partial charge in [0.25, 0.3) is 0 Å². The van der Waals surface area contributed by atoms with E-state index in [0.717, 1.165) is 87.6 Å². The smallest absolute Gasteiger partial charge is 0.104 e. The van der Waals surface area contributed by atoms with Crippen LogP contribution < -0.4 is 0 Å². The molecule has 0 amide bonds. The van der Waals surface area contributed by atoms with E-state index in [1.807, 2.05) is 49.4 Å². The van der Waals surface area contributed by atoms with Crippen molar-refractivity contribution < 1.29 is 0 Å². The molecule has 0 unspecified atom stereocenters. The van der Waals surface area contributed by atoms with Crippen molar-refractivity contribution in [3.8, 4) is 34.9 Å². The van der Waals surface area contributed by atoms with Crippen LogP contribution in [0.25, 0.3) is 111 Å². The molecule has 6 nitrogen and oxygen atoms in total. The number of benzene rings is 8. The number of nitriles is 2. The Labute approximate surface area is 362 Å². The maximum absolute atomic E-state index is 12.1.